The summed E-state index contributed by atoms with van der Waals surface area (Å²) in [6.45, 7) is 3.81. The highest BCUT2D eigenvalue weighted by molar-refractivity contribution is 7.15. The zero-order chi connectivity index (χ0) is 15.4. The lowest BCUT2D eigenvalue weighted by Crippen LogP contribution is -2.31. The zero-order valence-corrected chi connectivity index (χ0v) is 13.7. The Labute approximate surface area is 134 Å². The third-order valence-corrected chi connectivity index (χ3v) is 4.64. The van der Waals surface area contributed by atoms with Crippen molar-refractivity contribution in [3.05, 3.63) is 46.3 Å². The summed E-state index contributed by atoms with van der Waals surface area (Å²) in [5.74, 6) is -0.0149. The topological polar surface area (TPSA) is 55.1 Å². The number of halogens is 1. The molecule has 5 heteroatoms. The van der Waals surface area contributed by atoms with Crippen LogP contribution in [0.3, 0.4) is 0 Å². The highest BCUT2D eigenvalue weighted by Crippen LogP contribution is 2.31. The molecule has 0 radical (unpaired) electrons. The van der Waals surface area contributed by atoms with Crippen molar-refractivity contribution in [1.82, 2.24) is 5.32 Å². The lowest BCUT2D eigenvalue weighted by Gasteiger charge is -2.13. The lowest BCUT2D eigenvalue weighted by atomic mass is 10.2. The van der Waals surface area contributed by atoms with Crippen molar-refractivity contribution in [1.29, 1.82) is 0 Å². The number of amides is 1. The minimum Gasteiger partial charge on any atom is -0.349 e. The van der Waals surface area contributed by atoms with Gasteiger partial charge >= 0.3 is 0 Å². The average molecular weight is 323 g/mol. The van der Waals surface area contributed by atoms with Gasteiger partial charge in [-0.05, 0) is 43.7 Å². The molecule has 112 valence electrons. The summed E-state index contributed by atoms with van der Waals surface area (Å²) < 4.78 is 0. The minimum absolute atomic E-state index is 0.0118. The molecule has 1 amide bonds. The van der Waals surface area contributed by atoms with Gasteiger partial charge in [-0.1, -0.05) is 23.7 Å². The van der Waals surface area contributed by atoms with Gasteiger partial charge in [0.2, 0.25) is 5.91 Å². The molecule has 0 bridgehead atoms. The van der Waals surface area contributed by atoms with Crippen LogP contribution in [0.4, 0.5) is 0 Å². The van der Waals surface area contributed by atoms with Gasteiger partial charge in [0.05, 0.1) is 6.04 Å². The van der Waals surface area contributed by atoms with E-state index >= 15 is 0 Å². The van der Waals surface area contributed by atoms with E-state index in [0.29, 0.717) is 6.42 Å². The molecule has 1 heterocycles. The van der Waals surface area contributed by atoms with Crippen LogP contribution in [0.1, 0.15) is 31.2 Å². The fraction of sp³-hybridized carbons (Fsp3) is 0.312. The molecule has 2 rings (SSSR count). The van der Waals surface area contributed by atoms with Crippen molar-refractivity contribution < 1.29 is 4.79 Å². The van der Waals surface area contributed by atoms with E-state index in [1.807, 2.05) is 44.2 Å². The van der Waals surface area contributed by atoms with Crippen molar-refractivity contribution in [2.24, 2.45) is 5.73 Å². The van der Waals surface area contributed by atoms with Crippen LogP contribution in [-0.4, -0.2) is 11.9 Å². The molecule has 1 aromatic carbocycles. The molecule has 3 nitrogen and oxygen atoms in total. The first kappa shape index (κ1) is 16.0. The van der Waals surface area contributed by atoms with Gasteiger partial charge in [-0.3, -0.25) is 4.79 Å². The maximum atomic E-state index is 11.8. The Bertz CT molecular complexity index is 607. The third kappa shape index (κ3) is 4.56. The predicted molar refractivity (Wildman–Crippen MR) is 89.6 cm³/mol. The number of nitrogens with one attached hydrogen (secondary N) is 1. The Morgan fingerprint density at radius 2 is 1.90 bits per heavy atom. The quantitative estimate of drug-likeness (QED) is 0.874. The summed E-state index contributed by atoms with van der Waals surface area (Å²) in [5.41, 5.74) is 6.76. The van der Waals surface area contributed by atoms with E-state index in [0.717, 1.165) is 20.3 Å². The molecule has 3 N–H and O–H groups in total. The Morgan fingerprint density at radius 3 is 2.52 bits per heavy atom. The van der Waals surface area contributed by atoms with Crippen molar-refractivity contribution >= 4 is 28.8 Å². The summed E-state index contributed by atoms with van der Waals surface area (Å²) in [7, 11) is 0. The van der Waals surface area contributed by atoms with Gasteiger partial charge in [0.1, 0.15) is 0 Å². The number of carbonyl (C=O) groups is 1. The van der Waals surface area contributed by atoms with Gasteiger partial charge < -0.3 is 11.1 Å². The molecule has 0 aliphatic rings. The number of hydrogen-bond acceptors (Lipinski definition) is 3. The highest BCUT2D eigenvalue weighted by Gasteiger charge is 2.13. The Kier molecular flexibility index (Phi) is 5.39. The van der Waals surface area contributed by atoms with E-state index in [-0.39, 0.29) is 18.0 Å². The van der Waals surface area contributed by atoms with E-state index in [1.54, 1.807) is 11.3 Å². The first-order valence-electron chi connectivity index (χ1n) is 6.86. The average Bonchev–Trinajstić information content (AvgIpc) is 2.88. The van der Waals surface area contributed by atoms with Crippen LogP contribution in [0.5, 0.6) is 0 Å². The number of nitrogens with two attached hydrogens (primary N) is 1. The van der Waals surface area contributed by atoms with Crippen LogP contribution in [-0.2, 0) is 4.79 Å². The molecular weight excluding hydrogens is 304 g/mol. The smallest absolute Gasteiger partial charge is 0.222 e. The van der Waals surface area contributed by atoms with Gasteiger partial charge in [0.15, 0.2) is 0 Å². The van der Waals surface area contributed by atoms with Crippen molar-refractivity contribution in [3.63, 3.8) is 0 Å². The summed E-state index contributed by atoms with van der Waals surface area (Å²) in [5, 5.41) is 3.70. The summed E-state index contributed by atoms with van der Waals surface area (Å²) in [6, 6.07) is 11.7. The zero-order valence-electron chi connectivity index (χ0n) is 12.1. The van der Waals surface area contributed by atoms with Crippen molar-refractivity contribution in [3.8, 4) is 10.4 Å². The number of thiophene rings is 1. The van der Waals surface area contributed by atoms with E-state index in [9.17, 15) is 4.79 Å². The van der Waals surface area contributed by atoms with E-state index in [4.69, 9.17) is 17.3 Å². The molecule has 2 aromatic rings. The highest BCUT2D eigenvalue weighted by atomic mass is 35.5. The fourth-order valence-corrected chi connectivity index (χ4v) is 3.16. The van der Waals surface area contributed by atoms with Crippen LogP contribution in [0, 0.1) is 0 Å². The van der Waals surface area contributed by atoms with Gasteiger partial charge in [0, 0.05) is 27.2 Å². The summed E-state index contributed by atoms with van der Waals surface area (Å²) in [6.07, 6.45) is 0.347. The van der Waals surface area contributed by atoms with Gasteiger partial charge in [-0.25, -0.2) is 0 Å². The first-order chi connectivity index (χ1) is 9.95. The Hall–Kier alpha value is -1.36. The maximum absolute atomic E-state index is 11.8. The predicted octanol–water partition coefficient (Wildman–Crippen LogP) is 3.98. The third-order valence-electron chi connectivity index (χ3n) is 3.07. The maximum Gasteiger partial charge on any atom is 0.222 e. The van der Waals surface area contributed by atoms with E-state index < -0.39 is 0 Å². The van der Waals surface area contributed by atoms with Crippen LogP contribution in [0.15, 0.2) is 36.4 Å². The molecule has 0 saturated heterocycles. The Morgan fingerprint density at radius 1 is 1.24 bits per heavy atom. The standard InChI is InChI=1S/C16H19ClN2OS/c1-10(18)9-16(20)19-11(2)14-7-8-15(21-14)12-3-5-13(17)6-4-12/h3-8,10-11H,9,18H2,1-2H3,(H,19,20). The molecule has 2 unspecified atom stereocenters. The Balaban J connectivity index is 2.05. The first-order valence-corrected chi connectivity index (χ1v) is 8.06. The summed E-state index contributed by atoms with van der Waals surface area (Å²) >= 11 is 7.57. The number of rotatable bonds is 5. The second-order valence-corrected chi connectivity index (χ2v) is 6.73. The van der Waals surface area contributed by atoms with E-state index in [1.165, 1.54) is 0 Å². The van der Waals surface area contributed by atoms with Crippen molar-refractivity contribution in [2.45, 2.75) is 32.4 Å². The molecule has 0 spiro atoms. The summed E-state index contributed by atoms with van der Waals surface area (Å²) in [4.78, 5) is 14.0. The lowest BCUT2D eigenvalue weighted by molar-refractivity contribution is -0.121. The molecule has 0 saturated carbocycles. The second-order valence-electron chi connectivity index (χ2n) is 5.18. The molecule has 0 aliphatic heterocycles. The van der Waals surface area contributed by atoms with Crippen LogP contribution < -0.4 is 11.1 Å². The molecule has 2 atom stereocenters. The van der Waals surface area contributed by atoms with E-state index in [2.05, 4.69) is 11.4 Å². The van der Waals surface area contributed by atoms with Crippen molar-refractivity contribution in [2.75, 3.05) is 0 Å². The van der Waals surface area contributed by atoms with Crippen LogP contribution >= 0.6 is 22.9 Å². The molecule has 21 heavy (non-hydrogen) atoms. The minimum atomic E-state index is -0.120. The number of hydrogen-bond donors (Lipinski definition) is 2. The van der Waals surface area contributed by atoms with Gasteiger partial charge in [0.25, 0.3) is 0 Å². The molecule has 1 aromatic heterocycles. The normalized spacial score (nSPS) is 13.7. The number of benzene rings is 1. The monoisotopic (exact) mass is 322 g/mol. The van der Waals surface area contributed by atoms with Gasteiger partial charge in [-0.2, -0.15) is 0 Å². The molecular formula is C16H19ClN2OS. The molecule has 0 aliphatic carbocycles. The largest absolute Gasteiger partial charge is 0.349 e. The van der Waals surface area contributed by atoms with Crippen LogP contribution in [0.2, 0.25) is 5.02 Å². The van der Waals surface area contributed by atoms with Gasteiger partial charge in [-0.15, -0.1) is 11.3 Å². The second kappa shape index (κ2) is 7.07. The fourth-order valence-electron chi connectivity index (χ4n) is 2.02. The number of carbonyl (C=O) groups excluding carboxylic acids is 1. The van der Waals surface area contributed by atoms with Crippen LogP contribution in [0.25, 0.3) is 10.4 Å². The molecule has 0 fully saturated rings. The SMILES string of the molecule is CC(N)CC(=O)NC(C)c1ccc(-c2ccc(Cl)cc2)s1.